The van der Waals surface area contributed by atoms with Gasteiger partial charge in [-0.2, -0.15) is 0 Å². The molecule has 28 heteroatoms. The number of carbonyl (C=O) groups is 9. The topological polar surface area (TPSA) is 318 Å². The van der Waals surface area contributed by atoms with Gasteiger partial charge < -0.3 is 52.5 Å². The molecule has 3 aliphatic rings. The van der Waals surface area contributed by atoms with E-state index in [1.807, 2.05) is 136 Å². The van der Waals surface area contributed by atoms with Crippen molar-refractivity contribution in [1.29, 1.82) is 0 Å². The number of amidine groups is 2. The van der Waals surface area contributed by atoms with Gasteiger partial charge in [0.15, 0.2) is 22.5 Å². The van der Waals surface area contributed by atoms with Crippen molar-refractivity contribution in [2.75, 3.05) is 78.9 Å². The number of aromatic nitrogens is 3. The molecule has 0 spiro atoms. The lowest BCUT2D eigenvalue weighted by Crippen LogP contribution is -2.54. The van der Waals surface area contributed by atoms with Crippen LogP contribution in [0.4, 0.5) is 0 Å². The minimum absolute atomic E-state index is 0.00622. The second kappa shape index (κ2) is 36.6. The smallest absolute Gasteiger partial charge is 0.379 e. The van der Waals surface area contributed by atoms with Crippen LogP contribution in [0.25, 0.3) is 48.9 Å². The van der Waals surface area contributed by atoms with Crippen LogP contribution in [-0.2, 0) is 49.7 Å². The highest BCUT2D eigenvalue weighted by Gasteiger charge is 2.40. The summed E-state index contributed by atoms with van der Waals surface area (Å²) in [7, 11) is 0. The van der Waals surface area contributed by atoms with Gasteiger partial charge in [-0.3, -0.25) is 38.7 Å². The first-order valence-corrected chi connectivity index (χ1v) is 36.1. The van der Waals surface area contributed by atoms with Crippen molar-refractivity contribution >= 4 is 103 Å². The van der Waals surface area contributed by atoms with Gasteiger partial charge in [0.25, 0.3) is 5.78 Å². The fraction of sp³-hybridized carbons (Fsp3) is 0.395. The van der Waals surface area contributed by atoms with Gasteiger partial charge in [0.1, 0.15) is 5.71 Å². The minimum Gasteiger partial charge on any atom is -0.379 e. The lowest BCUT2D eigenvalue weighted by Gasteiger charge is -2.39. The summed E-state index contributed by atoms with van der Waals surface area (Å²) >= 11 is 0. The Kier molecular flexibility index (Phi) is 27.5. The number of nitrogens with zero attached hydrogens (tertiary/aromatic N) is 11. The monoisotopic (exact) mass is 1490 g/mol. The number of fused-ring (bicyclic) bond motifs is 3. The number of hydrogen-bond donors (Lipinski definition) is 0. The molecule has 6 heterocycles. The van der Waals surface area contributed by atoms with Gasteiger partial charge in [-0.15, -0.1) is 0 Å². The van der Waals surface area contributed by atoms with Gasteiger partial charge in [0.2, 0.25) is 11.6 Å². The Morgan fingerprint density at radius 3 is 1.29 bits per heavy atom. The molecular weight excluding hydrogens is 1400 g/mol. The van der Waals surface area contributed by atoms with Crippen LogP contribution in [0.15, 0.2) is 149 Å². The third-order valence-electron chi connectivity index (χ3n) is 19.5. The van der Waals surface area contributed by atoms with E-state index < -0.39 is 62.7 Å². The Hall–Kier alpha value is -11.2. The van der Waals surface area contributed by atoms with E-state index in [-0.39, 0.29) is 40.0 Å². The molecule has 3 fully saturated rings. The molecule has 5 aromatic carbocycles. The molecule has 3 aliphatic heterocycles. The summed E-state index contributed by atoms with van der Waals surface area (Å²) < 4.78 is 22.0. The zero-order chi connectivity index (χ0) is 78.9. The van der Waals surface area contributed by atoms with Crippen molar-refractivity contribution in [3.63, 3.8) is 0 Å². The van der Waals surface area contributed by atoms with E-state index in [1.165, 1.54) is 13.1 Å². The maximum absolute atomic E-state index is 13.5. The third-order valence-corrected chi connectivity index (χ3v) is 19.5. The third kappa shape index (κ3) is 19.6. The molecule has 3 saturated heterocycles. The lowest BCUT2D eigenvalue weighted by molar-refractivity contribution is -0.349. The molecule has 11 rings (SSSR count). The molecule has 0 atom stereocenters. The Labute approximate surface area is 631 Å². The number of hydrogen-bond acceptors (Lipinski definition) is 23. The van der Waals surface area contributed by atoms with Crippen molar-refractivity contribution in [3.8, 4) is 11.4 Å². The minimum atomic E-state index is -1.12. The maximum Gasteiger partial charge on any atom is 0.458 e. The van der Waals surface area contributed by atoms with E-state index in [1.54, 1.807) is 59.2 Å². The lowest BCUT2D eigenvalue weighted by atomic mass is 9.90. The quantitative estimate of drug-likeness (QED) is 0.00710. The second-order valence-corrected chi connectivity index (χ2v) is 27.8. The van der Waals surface area contributed by atoms with E-state index in [0.29, 0.717) is 98.9 Å². The fourth-order valence-electron chi connectivity index (χ4n) is 13.2. The molecule has 0 aliphatic carbocycles. The summed E-state index contributed by atoms with van der Waals surface area (Å²) in [6, 6.07) is 34.3. The first kappa shape index (κ1) is 81.9. The van der Waals surface area contributed by atoms with Crippen LogP contribution < -0.4 is 0 Å². The van der Waals surface area contributed by atoms with Crippen LogP contribution in [-0.4, -0.2) is 199 Å². The average molecular weight is 1490 g/mol. The first-order valence-electron chi connectivity index (χ1n) is 36.1. The van der Waals surface area contributed by atoms with Crippen molar-refractivity contribution in [2.24, 2.45) is 15.5 Å². The predicted octanol–water partition coefficient (Wildman–Crippen LogP) is 12.2. The summed E-state index contributed by atoms with van der Waals surface area (Å²) in [4.78, 5) is 146. The van der Waals surface area contributed by atoms with E-state index in [2.05, 4.69) is 46.7 Å². The normalized spacial score (nSPS) is 15.0. The number of ether oxygens (including phenoxy) is 3. The summed E-state index contributed by atoms with van der Waals surface area (Å²) in [5.74, 6) is -5.69. The molecule has 0 radical (unpaired) electrons. The van der Waals surface area contributed by atoms with Crippen molar-refractivity contribution in [2.45, 2.75) is 131 Å². The number of nitro groups is 1. The fourth-order valence-corrected chi connectivity index (χ4v) is 13.2. The Bertz CT molecular complexity index is 4880. The summed E-state index contributed by atoms with van der Waals surface area (Å²) in [5.41, 5.74) is 4.83. The Balaban J connectivity index is 0.000000189. The number of carbonyl (C=O) groups excluding carboxylic acids is 9. The van der Waals surface area contributed by atoms with Crippen LogP contribution in [0.2, 0.25) is 0 Å². The molecular formula is C81H91N11O17. The molecule has 28 nitrogen and oxygen atoms in total. The number of rotatable bonds is 26. The van der Waals surface area contributed by atoms with Crippen molar-refractivity contribution < 1.29 is 76.8 Å². The highest BCUT2D eigenvalue weighted by atomic mass is 16.7. The van der Waals surface area contributed by atoms with Gasteiger partial charge in [0, 0.05) is 146 Å². The van der Waals surface area contributed by atoms with Crippen molar-refractivity contribution in [3.05, 3.63) is 189 Å². The number of unbranched alkanes of at least 4 members (excludes halogenated alkanes) is 3. The molecule has 0 amide bonds. The number of Topliss-reactive ketones (excluding diaryl/α,β-unsaturated/α-hetero) is 6. The van der Waals surface area contributed by atoms with E-state index in [9.17, 15) is 53.3 Å². The van der Waals surface area contributed by atoms with Crippen molar-refractivity contribution in [1.82, 2.24) is 28.4 Å². The Morgan fingerprint density at radius 2 is 0.890 bits per heavy atom. The van der Waals surface area contributed by atoms with Crippen LogP contribution in [0, 0.1) is 16.7 Å². The van der Waals surface area contributed by atoms with Gasteiger partial charge in [-0.05, 0) is 169 Å². The van der Waals surface area contributed by atoms with E-state index in [0.717, 1.165) is 98.9 Å². The average Bonchev–Trinajstić information content (AvgIpc) is 1.67. The first-order chi connectivity index (χ1) is 52.0. The van der Waals surface area contributed by atoms with Gasteiger partial charge >= 0.3 is 29.6 Å². The van der Waals surface area contributed by atoms with Crippen LogP contribution >= 0.6 is 0 Å². The molecule has 3 aromatic heterocycles. The molecule has 0 N–H and O–H groups in total. The molecule has 0 unspecified atom stereocenters. The van der Waals surface area contributed by atoms with E-state index in [4.69, 9.17) is 25.6 Å². The highest BCUT2D eigenvalue weighted by molar-refractivity contribution is 6.48. The van der Waals surface area contributed by atoms with Crippen LogP contribution in [0.5, 0.6) is 0 Å². The predicted molar refractivity (Wildman–Crippen MR) is 410 cm³/mol. The zero-order valence-corrected chi connectivity index (χ0v) is 63.3. The SMILES string of the molecule is CCCCCC/C(=N\OC(C)=O)C(=O)c1ccc(-n2ccc3cc(C(=O)C(C)(C)N4CCOCC4)ccc32)cc1.CCn1cc(C(=O)/C(=N/OC(C)=O)[N+](=O)[O-])c2cc(C(=O)C(C)(C)N3CCOCC3)ccc21.[C-]#[N+]/C(=N\OC(C)=O)C(=O)c1ccc(-n2ccc3cc(C(=O)C(C)(C)N4CCOCC4)ccc32)cc1. The number of morpholine rings is 3. The standard InChI is InChI=1S/C32H39N3O5.C27H26N4O5.C22H26N4O7/c1-5-6-7-8-9-28(33-40-23(2)36)30(37)24-10-13-27(14-11-24)35-17-16-25-22-26(12-15-29(25)35)31(38)32(3,4)34-18-20-39-21-19-34;1-18(32)36-29-26(28-4)24(33)19-5-8-22(9-6-19)31-12-11-20-17-21(7-10-23(20)31)25(34)27(2,3)30-13-15-35-16-14-30;1-5-24-13-17(19(28)21(26(30)31)23-33-14(2)27)16-12-15(6-7-18(16)24)20(29)22(3,4)25-8-10-32-11-9-25/h10-17,22H,5-9,18-21H2,1-4H3;5-12,17H,13-16H2,1-3H3;6-7,12-13H,5,8-11H2,1-4H3/b33-28+;29-26-;23-21-. The van der Waals surface area contributed by atoms with E-state index >= 15 is 0 Å². The summed E-state index contributed by atoms with van der Waals surface area (Å²) in [6.07, 6.45) is 9.75. The Morgan fingerprint density at radius 1 is 0.495 bits per heavy atom. The number of aryl methyl sites for hydroxylation is 1. The van der Waals surface area contributed by atoms with Gasteiger partial charge in [-0.25, -0.2) is 24.1 Å². The maximum atomic E-state index is 13.5. The summed E-state index contributed by atoms with van der Waals surface area (Å²) in [6.45, 7) is 34.3. The zero-order valence-electron chi connectivity index (χ0n) is 63.3. The second-order valence-electron chi connectivity index (χ2n) is 27.8. The molecule has 0 bridgehead atoms. The van der Waals surface area contributed by atoms with Gasteiger partial charge in [-0.1, -0.05) is 50.0 Å². The number of oxime groups is 3. The van der Waals surface area contributed by atoms with Gasteiger partial charge in [0.05, 0.1) is 78.0 Å². The highest BCUT2D eigenvalue weighted by Crippen LogP contribution is 2.32. The molecule has 8 aromatic rings. The number of benzene rings is 5. The largest absolute Gasteiger partial charge is 0.458 e. The van der Waals surface area contributed by atoms with Crippen LogP contribution in [0.3, 0.4) is 0 Å². The molecule has 109 heavy (non-hydrogen) atoms. The summed E-state index contributed by atoms with van der Waals surface area (Å²) in [5, 5.41) is 24.0. The molecule has 0 saturated carbocycles. The number of ketones is 6. The van der Waals surface area contributed by atoms with Crippen LogP contribution in [0.1, 0.15) is 170 Å². The molecule has 572 valence electrons.